The van der Waals surface area contributed by atoms with E-state index in [0.717, 1.165) is 27.3 Å². The third-order valence-corrected chi connectivity index (χ3v) is 5.88. The Bertz CT molecular complexity index is 1160. The number of hydrogen-bond donors (Lipinski definition) is 1. The number of imide groups is 1. The van der Waals surface area contributed by atoms with Gasteiger partial charge in [-0.3, -0.25) is 19.3 Å². The van der Waals surface area contributed by atoms with Gasteiger partial charge in [0.05, 0.1) is 12.1 Å². The van der Waals surface area contributed by atoms with Gasteiger partial charge in [-0.15, -0.1) is 11.3 Å². The summed E-state index contributed by atoms with van der Waals surface area (Å²) >= 11 is 1.32. The van der Waals surface area contributed by atoms with E-state index in [1.54, 1.807) is 24.3 Å². The Morgan fingerprint density at radius 2 is 1.83 bits per heavy atom. The minimum Gasteiger partial charge on any atom is -0.300 e. The molecule has 1 N–H and O–H groups in total. The van der Waals surface area contributed by atoms with Crippen LogP contribution in [0.1, 0.15) is 32.6 Å². The van der Waals surface area contributed by atoms with E-state index in [1.165, 1.54) is 16.9 Å². The molecule has 1 aromatic heterocycles. The molecule has 0 saturated carbocycles. The van der Waals surface area contributed by atoms with Crippen LogP contribution in [0.4, 0.5) is 5.13 Å². The Morgan fingerprint density at radius 3 is 2.57 bits per heavy atom. The summed E-state index contributed by atoms with van der Waals surface area (Å²) in [5.41, 5.74) is 6.44. The molecule has 0 radical (unpaired) electrons. The quantitative estimate of drug-likeness (QED) is 0.651. The molecule has 2 aromatic carbocycles. The van der Waals surface area contributed by atoms with Crippen molar-refractivity contribution in [1.29, 1.82) is 0 Å². The van der Waals surface area contributed by atoms with E-state index in [-0.39, 0.29) is 18.9 Å². The van der Waals surface area contributed by atoms with Crippen molar-refractivity contribution in [2.75, 3.05) is 11.9 Å². The van der Waals surface area contributed by atoms with E-state index in [0.29, 0.717) is 16.3 Å². The van der Waals surface area contributed by atoms with Crippen LogP contribution >= 0.6 is 11.3 Å². The molecule has 30 heavy (non-hydrogen) atoms. The Balaban J connectivity index is 1.48. The van der Waals surface area contributed by atoms with Crippen molar-refractivity contribution in [3.8, 4) is 11.3 Å². The maximum atomic E-state index is 12.6. The van der Waals surface area contributed by atoms with Crippen molar-refractivity contribution >= 4 is 34.2 Å². The fourth-order valence-corrected chi connectivity index (χ4v) is 4.61. The van der Waals surface area contributed by atoms with Gasteiger partial charge in [0, 0.05) is 16.5 Å². The van der Waals surface area contributed by atoms with Crippen LogP contribution in [0.15, 0.2) is 41.8 Å². The molecule has 0 aliphatic carbocycles. The number of anilines is 1. The Labute approximate surface area is 178 Å². The maximum Gasteiger partial charge on any atom is 0.261 e. The van der Waals surface area contributed by atoms with Crippen molar-refractivity contribution in [3.63, 3.8) is 0 Å². The first kappa shape index (κ1) is 20.0. The van der Waals surface area contributed by atoms with Crippen LogP contribution in [0.25, 0.3) is 11.3 Å². The van der Waals surface area contributed by atoms with E-state index in [1.807, 2.05) is 19.2 Å². The SMILES string of the molecule is Cc1cc(C)c(-c2csc(NC(=O)CN3C(=O)Cc4ccccc4C3=O)n2)c(C)c1. The fraction of sp³-hybridized carbons (Fsp3) is 0.217. The number of amides is 3. The number of hydrogen-bond acceptors (Lipinski definition) is 5. The summed E-state index contributed by atoms with van der Waals surface area (Å²) in [6.07, 6.45) is 0.114. The number of nitrogens with one attached hydrogen (secondary N) is 1. The van der Waals surface area contributed by atoms with E-state index in [2.05, 4.69) is 29.4 Å². The lowest BCUT2D eigenvalue weighted by Crippen LogP contribution is -2.46. The van der Waals surface area contributed by atoms with Crippen LogP contribution in [-0.4, -0.2) is 34.2 Å². The molecule has 3 amide bonds. The smallest absolute Gasteiger partial charge is 0.261 e. The van der Waals surface area contributed by atoms with Crippen LogP contribution < -0.4 is 5.32 Å². The third-order valence-electron chi connectivity index (χ3n) is 5.12. The second-order valence-electron chi connectivity index (χ2n) is 7.48. The van der Waals surface area contributed by atoms with Crippen LogP contribution in [0.5, 0.6) is 0 Å². The number of carbonyl (C=O) groups is 3. The summed E-state index contributed by atoms with van der Waals surface area (Å²) < 4.78 is 0. The number of rotatable bonds is 4. The molecule has 2 heterocycles. The van der Waals surface area contributed by atoms with Crippen molar-refractivity contribution < 1.29 is 14.4 Å². The number of thiazole rings is 1. The lowest BCUT2D eigenvalue weighted by Gasteiger charge is -2.26. The first-order chi connectivity index (χ1) is 14.3. The van der Waals surface area contributed by atoms with E-state index < -0.39 is 11.8 Å². The topological polar surface area (TPSA) is 79.4 Å². The summed E-state index contributed by atoms with van der Waals surface area (Å²) in [5.74, 6) is -1.27. The number of benzene rings is 2. The van der Waals surface area contributed by atoms with Gasteiger partial charge in [-0.25, -0.2) is 4.98 Å². The van der Waals surface area contributed by atoms with Gasteiger partial charge in [-0.05, 0) is 43.5 Å². The summed E-state index contributed by atoms with van der Waals surface area (Å²) in [4.78, 5) is 43.0. The highest BCUT2D eigenvalue weighted by molar-refractivity contribution is 7.14. The first-order valence-corrected chi connectivity index (χ1v) is 10.5. The van der Waals surface area contributed by atoms with E-state index in [9.17, 15) is 14.4 Å². The molecule has 152 valence electrons. The molecule has 0 bridgehead atoms. The Hall–Kier alpha value is -3.32. The van der Waals surface area contributed by atoms with Gasteiger partial charge >= 0.3 is 0 Å². The Morgan fingerprint density at radius 1 is 1.13 bits per heavy atom. The summed E-state index contributed by atoms with van der Waals surface area (Å²) in [6.45, 7) is 5.80. The van der Waals surface area contributed by atoms with Gasteiger partial charge in [0.25, 0.3) is 5.91 Å². The standard InChI is InChI=1S/C23H21N3O3S/c1-13-8-14(2)21(15(3)9-13)18-12-30-23(24-18)25-19(27)11-26-20(28)10-16-6-4-5-7-17(16)22(26)29/h4-9,12H,10-11H2,1-3H3,(H,24,25,27). The minimum absolute atomic E-state index is 0.114. The molecule has 6 nitrogen and oxygen atoms in total. The monoisotopic (exact) mass is 419 g/mol. The van der Waals surface area contributed by atoms with Crippen LogP contribution in [0.2, 0.25) is 0 Å². The van der Waals surface area contributed by atoms with Crippen molar-refractivity contribution in [2.24, 2.45) is 0 Å². The lowest BCUT2D eigenvalue weighted by atomic mass is 9.98. The highest BCUT2D eigenvalue weighted by atomic mass is 32.1. The summed E-state index contributed by atoms with van der Waals surface area (Å²) in [6, 6.07) is 11.2. The second kappa shape index (κ2) is 7.84. The molecule has 0 fully saturated rings. The zero-order valence-corrected chi connectivity index (χ0v) is 17.8. The number of aryl methyl sites for hydroxylation is 3. The van der Waals surface area contributed by atoms with E-state index in [4.69, 9.17) is 0 Å². The van der Waals surface area contributed by atoms with Crippen LogP contribution in [-0.2, 0) is 16.0 Å². The molecule has 0 atom stereocenters. The Kier molecular flexibility index (Phi) is 5.22. The van der Waals surface area contributed by atoms with Crippen LogP contribution in [0, 0.1) is 20.8 Å². The number of nitrogens with zero attached hydrogens (tertiary/aromatic N) is 2. The van der Waals surface area contributed by atoms with Crippen molar-refractivity contribution in [3.05, 3.63) is 69.6 Å². The largest absolute Gasteiger partial charge is 0.300 e. The molecule has 3 aromatic rings. The van der Waals surface area contributed by atoms with Crippen molar-refractivity contribution in [1.82, 2.24) is 9.88 Å². The number of fused-ring (bicyclic) bond motifs is 1. The number of aromatic nitrogens is 1. The highest BCUT2D eigenvalue weighted by Crippen LogP contribution is 2.31. The highest BCUT2D eigenvalue weighted by Gasteiger charge is 2.32. The molecule has 1 aliphatic heterocycles. The summed E-state index contributed by atoms with van der Waals surface area (Å²) in [5, 5.41) is 5.05. The fourth-order valence-electron chi connectivity index (χ4n) is 3.89. The van der Waals surface area contributed by atoms with Gasteiger partial charge in [-0.1, -0.05) is 35.9 Å². The molecule has 1 aliphatic rings. The predicted molar refractivity (Wildman–Crippen MR) is 117 cm³/mol. The first-order valence-electron chi connectivity index (χ1n) is 9.59. The zero-order chi connectivity index (χ0) is 21.4. The molecule has 0 unspecified atom stereocenters. The minimum atomic E-state index is -0.450. The zero-order valence-electron chi connectivity index (χ0n) is 17.0. The molecule has 7 heteroatoms. The molecular formula is C23H21N3O3S. The average Bonchev–Trinajstić information content (AvgIpc) is 3.12. The van der Waals surface area contributed by atoms with E-state index >= 15 is 0 Å². The summed E-state index contributed by atoms with van der Waals surface area (Å²) in [7, 11) is 0. The van der Waals surface area contributed by atoms with Gasteiger partial charge in [0.1, 0.15) is 6.54 Å². The number of carbonyl (C=O) groups excluding carboxylic acids is 3. The van der Waals surface area contributed by atoms with Gasteiger partial charge < -0.3 is 5.32 Å². The van der Waals surface area contributed by atoms with Crippen molar-refractivity contribution in [2.45, 2.75) is 27.2 Å². The average molecular weight is 420 g/mol. The maximum absolute atomic E-state index is 12.6. The molecule has 0 spiro atoms. The van der Waals surface area contributed by atoms with Gasteiger partial charge in [0.15, 0.2) is 5.13 Å². The predicted octanol–water partition coefficient (Wildman–Crippen LogP) is 3.90. The second-order valence-corrected chi connectivity index (χ2v) is 8.34. The third kappa shape index (κ3) is 3.76. The normalized spacial score (nSPS) is 13.4. The molecule has 4 rings (SSSR count). The molecular weight excluding hydrogens is 398 g/mol. The van der Waals surface area contributed by atoms with Crippen LogP contribution in [0.3, 0.4) is 0 Å². The molecule has 0 saturated heterocycles. The van der Waals surface area contributed by atoms with Gasteiger partial charge in [-0.2, -0.15) is 0 Å². The van der Waals surface area contributed by atoms with Gasteiger partial charge in [0.2, 0.25) is 11.8 Å². The lowest BCUT2D eigenvalue weighted by molar-refractivity contribution is -0.131.